The zero-order valence-corrected chi connectivity index (χ0v) is 5.96. The number of carbonyl (C=O) groups excluding carboxylic acids is 2. The van der Waals surface area contributed by atoms with Crippen molar-refractivity contribution in [3.8, 4) is 0 Å². The van der Waals surface area contributed by atoms with E-state index in [4.69, 9.17) is 5.11 Å². The summed E-state index contributed by atoms with van der Waals surface area (Å²) in [4.78, 5) is 20.7. The summed E-state index contributed by atoms with van der Waals surface area (Å²) in [6.45, 7) is 1.22. The first kappa shape index (κ1) is 9.10. The number of rotatable bonds is 3. The lowest BCUT2D eigenvalue weighted by Crippen LogP contribution is -2.21. The van der Waals surface area contributed by atoms with Crippen molar-refractivity contribution >= 4 is 11.8 Å². The molecule has 0 saturated heterocycles. The number of ether oxygens (including phenoxy) is 1. The average molecular weight is 146 g/mol. The third kappa shape index (κ3) is 3.19. The molecule has 0 aromatic rings. The lowest BCUT2D eigenvalue weighted by Gasteiger charge is -2.02. The van der Waals surface area contributed by atoms with E-state index in [1.54, 1.807) is 0 Å². The van der Waals surface area contributed by atoms with Crippen molar-refractivity contribution in [1.29, 1.82) is 0 Å². The second-order valence-electron chi connectivity index (χ2n) is 1.91. The van der Waals surface area contributed by atoms with Crippen LogP contribution in [0.1, 0.15) is 13.3 Å². The van der Waals surface area contributed by atoms with E-state index >= 15 is 0 Å². The Bertz CT molecular complexity index is 141. The molecule has 0 heterocycles. The molecule has 0 aliphatic heterocycles. The molecular weight excluding hydrogens is 136 g/mol. The van der Waals surface area contributed by atoms with Crippen LogP contribution in [0.15, 0.2) is 0 Å². The van der Waals surface area contributed by atoms with Gasteiger partial charge >= 0.3 is 5.97 Å². The third-order valence-corrected chi connectivity index (χ3v) is 1.06. The zero-order valence-electron chi connectivity index (χ0n) is 5.96. The molecule has 1 unspecified atom stereocenters. The van der Waals surface area contributed by atoms with Gasteiger partial charge in [-0.05, 0) is 6.92 Å². The maximum Gasteiger partial charge on any atom is 0.308 e. The molecule has 0 rings (SSSR count). The fourth-order valence-corrected chi connectivity index (χ4v) is 0.385. The Hall–Kier alpha value is -0.900. The van der Waals surface area contributed by atoms with E-state index < -0.39 is 17.9 Å². The SMILES string of the molecule is COC(=O)CC(O)C(C)=O. The summed E-state index contributed by atoms with van der Waals surface area (Å²) in [6.07, 6.45) is -1.47. The molecule has 0 aliphatic carbocycles. The predicted molar refractivity (Wildman–Crippen MR) is 33.3 cm³/mol. The molecule has 0 bridgehead atoms. The van der Waals surface area contributed by atoms with Gasteiger partial charge in [-0.25, -0.2) is 0 Å². The minimum absolute atomic E-state index is 0.258. The topological polar surface area (TPSA) is 63.6 Å². The quantitative estimate of drug-likeness (QED) is 0.545. The molecule has 10 heavy (non-hydrogen) atoms. The van der Waals surface area contributed by atoms with Gasteiger partial charge in [0, 0.05) is 0 Å². The number of ketones is 1. The highest BCUT2D eigenvalue weighted by atomic mass is 16.5. The van der Waals surface area contributed by atoms with Crippen LogP contribution in [0.5, 0.6) is 0 Å². The van der Waals surface area contributed by atoms with Gasteiger partial charge in [-0.2, -0.15) is 0 Å². The Morgan fingerprint density at radius 2 is 2.10 bits per heavy atom. The Morgan fingerprint density at radius 3 is 2.40 bits per heavy atom. The van der Waals surface area contributed by atoms with Crippen molar-refractivity contribution in [1.82, 2.24) is 0 Å². The normalized spacial score (nSPS) is 12.3. The number of esters is 1. The molecular formula is C6H10O4. The number of aliphatic hydroxyl groups is 1. The molecule has 1 N–H and O–H groups in total. The monoisotopic (exact) mass is 146 g/mol. The van der Waals surface area contributed by atoms with Crippen molar-refractivity contribution in [2.24, 2.45) is 0 Å². The van der Waals surface area contributed by atoms with Gasteiger partial charge in [0.15, 0.2) is 5.78 Å². The first-order chi connectivity index (χ1) is 4.57. The Morgan fingerprint density at radius 1 is 1.60 bits per heavy atom. The van der Waals surface area contributed by atoms with Gasteiger partial charge in [0.2, 0.25) is 0 Å². The smallest absolute Gasteiger partial charge is 0.308 e. The fraction of sp³-hybridized carbons (Fsp3) is 0.667. The summed E-state index contributed by atoms with van der Waals surface area (Å²) in [6, 6.07) is 0. The van der Waals surface area contributed by atoms with Crippen LogP contribution in [-0.4, -0.2) is 30.1 Å². The van der Waals surface area contributed by atoms with Crippen LogP contribution >= 0.6 is 0 Å². The number of Topliss-reactive ketones (excluding diaryl/α,β-unsaturated/α-hetero) is 1. The van der Waals surface area contributed by atoms with Crippen molar-refractivity contribution in [3.05, 3.63) is 0 Å². The molecule has 0 radical (unpaired) electrons. The minimum atomic E-state index is -1.22. The fourth-order valence-electron chi connectivity index (χ4n) is 0.385. The Balaban J connectivity index is 3.68. The lowest BCUT2D eigenvalue weighted by atomic mass is 10.2. The maximum atomic E-state index is 10.4. The average Bonchev–Trinajstić information content (AvgIpc) is 1.87. The molecule has 0 aromatic carbocycles. The molecule has 1 atom stereocenters. The number of methoxy groups -OCH3 is 1. The summed E-state index contributed by atoms with van der Waals surface area (Å²) in [5.74, 6) is -1.01. The highest BCUT2D eigenvalue weighted by molar-refractivity contribution is 5.85. The van der Waals surface area contributed by atoms with E-state index in [0.717, 1.165) is 0 Å². The molecule has 0 fully saturated rings. The first-order valence-electron chi connectivity index (χ1n) is 2.83. The van der Waals surface area contributed by atoms with Gasteiger partial charge in [-0.1, -0.05) is 0 Å². The molecule has 0 aliphatic rings. The van der Waals surface area contributed by atoms with Gasteiger partial charge < -0.3 is 9.84 Å². The van der Waals surface area contributed by atoms with Gasteiger partial charge in [0.25, 0.3) is 0 Å². The van der Waals surface area contributed by atoms with Crippen molar-refractivity contribution in [2.75, 3.05) is 7.11 Å². The van der Waals surface area contributed by atoms with Crippen LogP contribution in [0.4, 0.5) is 0 Å². The predicted octanol–water partition coefficient (Wildman–Crippen LogP) is -0.501. The summed E-state index contributed by atoms with van der Waals surface area (Å²) in [5, 5.41) is 8.78. The molecule has 4 nitrogen and oxygen atoms in total. The molecule has 58 valence electrons. The number of hydrogen-bond acceptors (Lipinski definition) is 4. The lowest BCUT2D eigenvalue weighted by molar-refractivity contribution is -0.145. The van der Waals surface area contributed by atoms with E-state index in [1.165, 1.54) is 14.0 Å². The number of carbonyl (C=O) groups is 2. The van der Waals surface area contributed by atoms with E-state index in [2.05, 4.69) is 4.74 Å². The van der Waals surface area contributed by atoms with Crippen LogP contribution in [0.3, 0.4) is 0 Å². The first-order valence-corrected chi connectivity index (χ1v) is 2.83. The molecule has 0 spiro atoms. The highest BCUT2D eigenvalue weighted by Gasteiger charge is 2.14. The molecule has 4 heteroatoms. The van der Waals surface area contributed by atoms with Crippen LogP contribution < -0.4 is 0 Å². The minimum Gasteiger partial charge on any atom is -0.469 e. The summed E-state index contributed by atoms with van der Waals surface area (Å²) >= 11 is 0. The van der Waals surface area contributed by atoms with Crippen molar-refractivity contribution < 1.29 is 19.4 Å². The zero-order chi connectivity index (χ0) is 8.15. The largest absolute Gasteiger partial charge is 0.469 e. The Labute approximate surface area is 58.8 Å². The van der Waals surface area contributed by atoms with E-state index in [0.29, 0.717) is 0 Å². The van der Waals surface area contributed by atoms with E-state index in [9.17, 15) is 9.59 Å². The Kier molecular flexibility index (Phi) is 3.64. The molecule has 0 saturated carbocycles. The second kappa shape index (κ2) is 4.00. The standard InChI is InChI=1S/C6H10O4/c1-4(7)5(8)3-6(9)10-2/h5,8H,3H2,1-2H3. The van der Waals surface area contributed by atoms with E-state index in [-0.39, 0.29) is 6.42 Å². The number of aliphatic hydroxyl groups excluding tert-OH is 1. The highest BCUT2D eigenvalue weighted by Crippen LogP contribution is 1.94. The summed E-state index contributed by atoms with van der Waals surface area (Å²) in [7, 11) is 1.20. The summed E-state index contributed by atoms with van der Waals surface area (Å²) in [5.41, 5.74) is 0. The van der Waals surface area contributed by atoms with Crippen LogP contribution in [-0.2, 0) is 14.3 Å². The van der Waals surface area contributed by atoms with Crippen molar-refractivity contribution in [3.63, 3.8) is 0 Å². The maximum absolute atomic E-state index is 10.4. The summed E-state index contributed by atoms with van der Waals surface area (Å²) < 4.78 is 4.22. The second-order valence-corrected chi connectivity index (χ2v) is 1.91. The molecule has 0 aromatic heterocycles. The van der Waals surface area contributed by atoms with E-state index in [1.807, 2.05) is 0 Å². The van der Waals surface area contributed by atoms with Gasteiger partial charge in [-0.3, -0.25) is 9.59 Å². The van der Waals surface area contributed by atoms with Crippen molar-refractivity contribution in [2.45, 2.75) is 19.4 Å². The van der Waals surface area contributed by atoms with Gasteiger partial charge in [0.05, 0.1) is 13.5 Å². The van der Waals surface area contributed by atoms with Crippen LogP contribution in [0, 0.1) is 0 Å². The van der Waals surface area contributed by atoms with Gasteiger partial charge in [0.1, 0.15) is 6.10 Å². The van der Waals surface area contributed by atoms with Crippen LogP contribution in [0.25, 0.3) is 0 Å². The van der Waals surface area contributed by atoms with Crippen LogP contribution in [0.2, 0.25) is 0 Å². The third-order valence-electron chi connectivity index (χ3n) is 1.06. The van der Waals surface area contributed by atoms with Gasteiger partial charge in [-0.15, -0.1) is 0 Å². The molecule has 0 amide bonds. The number of hydrogen-bond donors (Lipinski definition) is 1.